The van der Waals surface area contributed by atoms with E-state index in [0.717, 1.165) is 6.42 Å². The van der Waals surface area contributed by atoms with E-state index in [2.05, 4.69) is 9.78 Å². The van der Waals surface area contributed by atoms with Crippen LogP contribution in [-0.4, -0.2) is 18.4 Å². The minimum absolute atomic E-state index is 0.146. The van der Waals surface area contributed by atoms with Crippen LogP contribution in [0.5, 0.6) is 0 Å². The third kappa shape index (κ3) is 4.93. The Hall–Kier alpha value is -0.900. The highest BCUT2D eigenvalue weighted by molar-refractivity contribution is 6.00. The molecule has 0 bridgehead atoms. The lowest BCUT2D eigenvalue weighted by molar-refractivity contribution is -0.274. The van der Waals surface area contributed by atoms with Gasteiger partial charge in [0.1, 0.15) is 5.92 Å². The van der Waals surface area contributed by atoms with Crippen molar-refractivity contribution in [3.05, 3.63) is 0 Å². The van der Waals surface area contributed by atoms with Gasteiger partial charge in [-0.1, -0.05) is 27.7 Å². The monoisotopic (exact) mass is 216 g/mol. The zero-order chi connectivity index (χ0) is 12.1. The SMILES string of the molecule is CCCOOC(=O)C(C)C(=O)C(C)(C)C. The van der Waals surface area contributed by atoms with Gasteiger partial charge in [-0.05, 0) is 13.3 Å². The molecule has 0 radical (unpaired) electrons. The average Bonchev–Trinajstić information content (AvgIpc) is 2.14. The quantitative estimate of drug-likeness (QED) is 0.306. The van der Waals surface area contributed by atoms with E-state index < -0.39 is 17.3 Å². The largest absolute Gasteiger partial charge is 0.352 e. The Bertz CT molecular complexity index is 227. The lowest BCUT2D eigenvalue weighted by atomic mass is 9.84. The molecule has 0 fully saturated rings. The summed E-state index contributed by atoms with van der Waals surface area (Å²) in [7, 11) is 0. The Morgan fingerprint density at radius 2 is 1.80 bits per heavy atom. The van der Waals surface area contributed by atoms with E-state index in [0.29, 0.717) is 6.61 Å². The van der Waals surface area contributed by atoms with Crippen molar-refractivity contribution in [1.29, 1.82) is 0 Å². The number of ketones is 1. The van der Waals surface area contributed by atoms with Crippen LogP contribution in [0, 0.1) is 11.3 Å². The molecule has 0 aliphatic carbocycles. The molecule has 0 heterocycles. The van der Waals surface area contributed by atoms with Crippen molar-refractivity contribution < 1.29 is 19.4 Å². The van der Waals surface area contributed by atoms with Crippen molar-refractivity contribution in [2.24, 2.45) is 11.3 Å². The maximum atomic E-state index is 11.7. The third-order valence-electron chi connectivity index (χ3n) is 1.91. The van der Waals surface area contributed by atoms with Crippen LogP contribution in [-0.2, 0) is 19.4 Å². The Labute approximate surface area is 90.9 Å². The van der Waals surface area contributed by atoms with Crippen LogP contribution in [0.25, 0.3) is 0 Å². The normalized spacial score (nSPS) is 13.4. The van der Waals surface area contributed by atoms with E-state index in [-0.39, 0.29) is 5.78 Å². The van der Waals surface area contributed by atoms with Gasteiger partial charge in [-0.3, -0.25) is 9.68 Å². The van der Waals surface area contributed by atoms with Crippen LogP contribution in [0.15, 0.2) is 0 Å². The second-order valence-corrected chi connectivity index (χ2v) is 4.56. The molecule has 0 aliphatic heterocycles. The van der Waals surface area contributed by atoms with Gasteiger partial charge in [-0.2, -0.15) is 4.89 Å². The molecule has 0 aliphatic rings. The highest BCUT2D eigenvalue weighted by atomic mass is 17.2. The standard InChI is InChI=1S/C11H20O4/c1-6-7-14-15-10(13)8(2)9(12)11(3,4)5/h8H,6-7H2,1-5H3. The van der Waals surface area contributed by atoms with Gasteiger partial charge in [0.15, 0.2) is 5.78 Å². The van der Waals surface area contributed by atoms with Gasteiger partial charge < -0.3 is 0 Å². The van der Waals surface area contributed by atoms with Crippen molar-refractivity contribution in [3.63, 3.8) is 0 Å². The van der Waals surface area contributed by atoms with E-state index >= 15 is 0 Å². The van der Waals surface area contributed by atoms with Crippen molar-refractivity contribution in [2.45, 2.75) is 41.0 Å². The van der Waals surface area contributed by atoms with Gasteiger partial charge in [0.05, 0.1) is 6.61 Å². The molecule has 0 aromatic carbocycles. The Morgan fingerprint density at radius 3 is 2.20 bits per heavy atom. The van der Waals surface area contributed by atoms with Crippen LogP contribution in [0.2, 0.25) is 0 Å². The average molecular weight is 216 g/mol. The van der Waals surface area contributed by atoms with E-state index in [4.69, 9.17) is 0 Å². The number of hydrogen-bond acceptors (Lipinski definition) is 4. The highest BCUT2D eigenvalue weighted by Crippen LogP contribution is 2.20. The summed E-state index contributed by atoms with van der Waals surface area (Å²) in [6, 6.07) is 0. The molecule has 0 N–H and O–H groups in total. The summed E-state index contributed by atoms with van der Waals surface area (Å²) in [5.74, 6) is -1.54. The highest BCUT2D eigenvalue weighted by Gasteiger charge is 2.32. The lowest BCUT2D eigenvalue weighted by Crippen LogP contribution is -2.32. The summed E-state index contributed by atoms with van der Waals surface area (Å²) < 4.78 is 0. The van der Waals surface area contributed by atoms with Crippen LogP contribution in [0.1, 0.15) is 41.0 Å². The van der Waals surface area contributed by atoms with Crippen LogP contribution < -0.4 is 0 Å². The first-order valence-electron chi connectivity index (χ1n) is 5.18. The number of hydrogen-bond donors (Lipinski definition) is 0. The molecule has 0 aromatic rings. The summed E-state index contributed by atoms with van der Waals surface area (Å²) in [6.07, 6.45) is 0.759. The van der Waals surface area contributed by atoms with Crippen molar-refractivity contribution >= 4 is 11.8 Å². The fraction of sp³-hybridized carbons (Fsp3) is 0.818. The Kier molecular flexibility index (Phi) is 5.50. The van der Waals surface area contributed by atoms with Gasteiger partial charge in [0.2, 0.25) is 0 Å². The van der Waals surface area contributed by atoms with Crippen LogP contribution in [0.3, 0.4) is 0 Å². The molecule has 88 valence electrons. The Balaban J connectivity index is 4.15. The molecular formula is C11H20O4. The zero-order valence-electron chi connectivity index (χ0n) is 10.1. The summed E-state index contributed by atoms with van der Waals surface area (Å²) in [5, 5.41) is 0. The smallest absolute Gasteiger partial charge is 0.298 e. The third-order valence-corrected chi connectivity index (χ3v) is 1.91. The van der Waals surface area contributed by atoms with Gasteiger partial charge in [-0.15, -0.1) is 0 Å². The first-order valence-corrected chi connectivity index (χ1v) is 5.18. The molecule has 0 rings (SSSR count). The van der Waals surface area contributed by atoms with E-state index in [1.54, 1.807) is 20.8 Å². The number of rotatable bonds is 5. The number of carbonyl (C=O) groups excluding carboxylic acids is 2. The van der Waals surface area contributed by atoms with Crippen molar-refractivity contribution in [3.8, 4) is 0 Å². The molecule has 0 amide bonds. The summed E-state index contributed by atoms with van der Waals surface area (Å²) in [5.41, 5.74) is -0.538. The van der Waals surface area contributed by atoms with Gasteiger partial charge in [0, 0.05) is 5.41 Å². The molecule has 15 heavy (non-hydrogen) atoms. The number of carbonyl (C=O) groups is 2. The summed E-state index contributed by atoms with van der Waals surface area (Å²) in [4.78, 5) is 32.1. The molecule has 0 saturated heterocycles. The second-order valence-electron chi connectivity index (χ2n) is 4.56. The van der Waals surface area contributed by atoms with Crippen LogP contribution >= 0.6 is 0 Å². The fourth-order valence-corrected chi connectivity index (χ4v) is 1.01. The maximum Gasteiger partial charge on any atom is 0.352 e. The molecule has 0 spiro atoms. The van der Waals surface area contributed by atoms with Crippen molar-refractivity contribution in [2.75, 3.05) is 6.61 Å². The molecule has 4 nitrogen and oxygen atoms in total. The van der Waals surface area contributed by atoms with E-state index in [1.165, 1.54) is 6.92 Å². The maximum absolute atomic E-state index is 11.7. The number of Topliss-reactive ketones (excluding diaryl/α,β-unsaturated/α-hetero) is 1. The van der Waals surface area contributed by atoms with Crippen molar-refractivity contribution in [1.82, 2.24) is 0 Å². The van der Waals surface area contributed by atoms with E-state index in [9.17, 15) is 9.59 Å². The predicted molar refractivity (Wildman–Crippen MR) is 56.0 cm³/mol. The van der Waals surface area contributed by atoms with Gasteiger partial charge in [0.25, 0.3) is 0 Å². The van der Waals surface area contributed by atoms with Gasteiger partial charge in [-0.25, -0.2) is 4.79 Å². The molecule has 0 aromatic heterocycles. The second kappa shape index (κ2) is 5.85. The fourth-order valence-electron chi connectivity index (χ4n) is 1.01. The minimum atomic E-state index is -0.776. The topological polar surface area (TPSA) is 52.6 Å². The van der Waals surface area contributed by atoms with Gasteiger partial charge >= 0.3 is 5.97 Å². The lowest BCUT2D eigenvalue weighted by Gasteiger charge is -2.19. The Morgan fingerprint density at radius 1 is 1.27 bits per heavy atom. The summed E-state index contributed by atoms with van der Waals surface area (Å²) in [6.45, 7) is 9.09. The van der Waals surface area contributed by atoms with E-state index in [1.807, 2.05) is 6.92 Å². The minimum Gasteiger partial charge on any atom is -0.298 e. The summed E-state index contributed by atoms with van der Waals surface area (Å²) >= 11 is 0. The first kappa shape index (κ1) is 14.1. The molecular weight excluding hydrogens is 196 g/mol. The molecule has 1 atom stereocenters. The zero-order valence-corrected chi connectivity index (χ0v) is 10.1. The first-order chi connectivity index (χ1) is 6.80. The molecule has 4 heteroatoms. The molecule has 0 saturated carbocycles. The molecule has 1 unspecified atom stereocenters. The van der Waals surface area contributed by atoms with Crippen LogP contribution in [0.4, 0.5) is 0 Å². The predicted octanol–water partition coefficient (Wildman–Crippen LogP) is 2.12.